The van der Waals surface area contributed by atoms with E-state index >= 15 is 0 Å². The van der Waals surface area contributed by atoms with Crippen molar-refractivity contribution in [1.82, 2.24) is 5.32 Å². The average Bonchev–Trinajstić information content (AvgIpc) is 2.62. The number of hydrogen-bond donors (Lipinski definition) is 2. The lowest BCUT2D eigenvalue weighted by molar-refractivity contribution is -0.123. The van der Waals surface area contributed by atoms with E-state index in [0.29, 0.717) is 18.6 Å². The van der Waals surface area contributed by atoms with E-state index in [4.69, 9.17) is 16.3 Å². The summed E-state index contributed by atoms with van der Waals surface area (Å²) in [6, 6.07) is 9.41. The minimum Gasteiger partial charge on any atom is -0.484 e. The van der Waals surface area contributed by atoms with Gasteiger partial charge < -0.3 is 15.4 Å². The first-order chi connectivity index (χ1) is 12.4. The lowest BCUT2D eigenvalue weighted by atomic mass is 9.98. The summed E-state index contributed by atoms with van der Waals surface area (Å²) in [5, 5.41) is 5.62. The zero-order valence-corrected chi connectivity index (χ0v) is 14.9. The van der Waals surface area contributed by atoms with E-state index in [1.165, 1.54) is 18.2 Å². The molecule has 0 spiro atoms. The Bertz CT molecular complexity index is 857. The Morgan fingerprint density at radius 1 is 1.31 bits per heavy atom. The van der Waals surface area contributed by atoms with Crippen LogP contribution in [0.4, 0.5) is 10.1 Å². The summed E-state index contributed by atoms with van der Waals surface area (Å²) in [5.74, 6) is -0.502. The number of halogens is 2. The van der Waals surface area contributed by atoms with Crippen LogP contribution >= 0.6 is 11.6 Å². The fourth-order valence-corrected chi connectivity index (χ4v) is 2.93. The van der Waals surface area contributed by atoms with Gasteiger partial charge in [0.2, 0.25) is 5.91 Å². The summed E-state index contributed by atoms with van der Waals surface area (Å²) in [5.41, 5.74) is 2.82. The first-order valence-electron chi connectivity index (χ1n) is 8.22. The van der Waals surface area contributed by atoms with Crippen molar-refractivity contribution in [3.63, 3.8) is 0 Å². The number of ether oxygens (including phenoxy) is 1. The normalized spacial score (nSPS) is 14.2. The van der Waals surface area contributed by atoms with Gasteiger partial charge in [-0.05, 0) is 42.7 Å². The molecule has 0 aromatic heterocycles. The molecule has 136 valence electrons. The van der Waals surface area contributed by atoms with E-state index in [1.54, 1.807) is 0 Å². The minimum atomic E-state index is -0.541. The van der Waals surface area contributed by atoms with Crippen LogP contribution in [0.2, 0.25) is 5.02 Å². The van der Waals surface area contributed by atoms with Gasteiger partial charge in [-0.3, -0.25) is 9.59 Å². The third-order valence-electron chi connectivity index (χ3n) is 4.16. The Labute approximate surface area is 155 Å². The predicted octanol–water partition coefficient (Wildman–Crippen LogP) is 3.62. The second-order valence-electron chi connectivity index (χ2n) is 6.12. The number of amides is 2. The summed E-state index contributed by atoms with van der Waals surface area (Å²) in [4.78, 5) is 23.5. The summed E-state index contributed by atoms with van der Waals surface area (Å²) in [7, 11) is 0. The monoisotopic (exact) mass is 376 g/mol. The summed E-state index contributed by atoms with van der Waals surface area (Å²) < 4.78 is 18.4. The molecule has 7 heteroatoms. The highest BCUT2D eigenvalue weighted by Gasteiger charge is 2.17. The molecular formula is C19H18ClFN2O3. The van der Waals surface area contributed by atoms with Gasteiger partial charge in [-0.2, -0.15) is 0 Å². The molecular weight excluding hydrogens is 359 g/mol. The molecule has 0 fully saturated rings. The van der Waals surface area contributed by atoms with Gasteiger partial charge in [0.05, 0.1) is 11.1 Å². The number of anilines is 1. The molecule has 2 aromatic rings. The van der Waals surface area contributed by atoms with Crippen molar-refractivity contribution in [2.45, 2.75) is 25.8 Å². The first kappa shape index (κ1) is 18.2. The molecule has 0 aliphatic carbocycles. The van der Waals surface area contributed by atoms with Gasteiger partial charge in [-0.15, -0.1) is 0 Å². The topological polar surface area (TPSA) is 67.4 Å². The number of fused-ring (bicyclic) bond motifs is 1. The maximum absolute atomic E-state index is 13.1. The van der Waals surface area contributed by atoms with E-state index in [2.05, 4.69) is 10.6 Å². The highest BCUT2D eigenvalue weighted by Crippen LogP contribution is 2.26. The van der Waals surface area contributed by atoms with Crippen molar-refractivity contribution in [3.8, 4) is 5.75 Å². The van der Waals surface area contributed by atoms with Gasteiger partial charge in [-0.25, -0.2) is 4.39 Å². The molecule has 1 unspecified atom stereocenters. The molecule has 1 heterocycles. The van der Waals surface area contributed by atoms with Crippen LogP contribution < -0.4 is 15.4 Å². The summed E-state index contributed by atoms with van der Waals surface area (Å²) >= 11 is 5.68. The van der Waals surface area contributed by atoms with Crippen LogP contribution in [0.5, 0.6) is 5.75 Å². The number of aryl methyl sites for hydroxylation is 1. The van der Waals surface area contributed by atoms with Crippen LogP contribution in [-0.4, -0.2) is 18.4 Å². The van der Waals surface area contributed by atoms with Crippen molar-refractivity contribution in [2.24, 2.45) is 0 Å². The molecule has 0 bridgehead atoms. The molecule has 26 heavy (non-hydrogen) atoms. The number of benzene rings is 2. The highest BCUT2D eigenvalue weighted by atomic mass is 35.5. The molecule has 1 atom stereocenters. The highest BCUT2D eigenvalue weighted by molar-refractivity contribution is 6.30. The van der Waals surface area contributed by atoms with Crippen molar-refractivity contribution in [3.05, 3.63) is 58.4 Å². The molecule has 2 amide bonds. The van der Waals surface area contributed by atoms with Crippen molar-refractivity contribution < 1.29 is 18.7 Å². The van der Waals surface area contributed by atoms with Gasteiger partial charge >= 0.3 is 0 Å². The zero-order valence-electron chi connectivity index (χ0n) is 14.1. The van der Waals surface area contributed by atoms with Crippen LogP contribution in [-0.2, 0) is 16.0 Å². The van der Waals surface area contributed by atoms with E-state index in [1.807, 2.05) is 25.1 Å². The first-order valence-corrected chi connectivity index (χ1v) is 8.60. The van der Waals surface area contributed by atoms with Crippen LogP contribution in [0.3, 0.4) is 0 Å². The SMILES string of the molecule is CC(NC(=O)COc1ccc(F)c(Cl)c1)c1ccc2c(c1)CCC(=O)N2. The van der Waals surface area contributed by atoms with Crippen LogP contribution in [0.1, 0.15) is 30.5 Å². The number of hydrogen-bond acceptors (Lipinski definition) is 3. The number of carbonyl (C=O) groups excluding carboxylic acids is 2. The largest absolute Gasteiger partial charge is 0.484 e. The van der Waals surface area contributed by atoms with Gasteiger partial charge in [-0.1, -0.05) is 23.7 Å². The summed E-state index contributed by atoms with van der Waals surface area (Å²) in [6.07, 6.45) is 1.15. The van der Waals surface area contributed by atoms with E-state index in [0.717, 1.165) is 16.8 Å². The van der Waals surface area contributed by atoms with Crippen molar-refractivity contribution >= 4 is 29.1 Å². The Morgan fingerprint density at radius 2 is 2.12 bits per heavy atom. The molecule has 0 saturated carbocycles. The van der Waals surface area contributed by atoms with Gasteiger partial charge in [0.15, 0.2) is 6.61 Å². The Balaban J connectivity index is 1.57. The fourth-order valence-electron chi connectivity index (χ4n) is 2.75. The van der Waals surface area contributed by atoms with Gasteiger partial charge in [0.1, 0.15) is 11.6 Å². The molecule has 0 radical (unpaired) electrons. The lowest BCUT2D eigenvalue weighted by Gasteiger charge is -2.20. The van der Waals surface area contributed by atoms with E-state index in [-0.39, 0.29) is 29.5 Å². The maximum atomic E-state index is 13.1. The zero-order chi connectivity index (χ0) is 18.7. The summed E-state index contributed by atoms with van der Waals surface area (Å²) in [6.45, 7) is 1.67. The Morgan fingerprint density at radius 3 is 2.88 bits per heavy atom. The smallest absolute Gasteiger partial charge is 0.258 e. The van der Waals surface area contributed by atoms with Crippen molar-refractivity contribution in [2.75, 3.05) is 11.9 Å². The van der Waals surface area contributed by atoms with Crippen molar-refractivity contribution in [1.29, 1.82) is 0 Å². The van der Waals surface area contributed by atoms with E-state index in [9.17, 15) is 14.0 Å². The van der Waals surface area contributed by atoms with Crippen LogP contribution in [0.25, 0.3) is 0 Å². The van der Waals surface area contributed by atoms with Gasteiger partial charge in [0.25, 0.3) is 5.91 Å². The quantitative estimate of drug-likeness (QED) is 0.837. The molecule has 5 nitrogen and oxygen atoms in total. The third kappa shape index (κ3) is 4.32. The number of rotatable bonds is 5. The second kappa shape index (κ2) is 7.74. The van der Waals surface area contributed by atoms with Crippen LogP contribution in [0.15, 0.2) is 36.4 Å². The standard InChI is InChI=1S/C19H18ClFN2O3/c1-11(12-2-6-17-13(8-12)3-7-18(24)23-17)22-19(25)10-26-14-4-5-16(21)15(20)9-14/h2,4-6,8-9,11H,3,7,10H2,1H3,(H,22,25)(H,23,24). The third-order valence-corrected chi connectivity index (χ3v) is 4.45. The maximum Gasteiger partial charge on any atom is 0.258 e. The average molecular weight is 377 g/mol. The molecule has 0 saturated heterocycles. The van der Waals surface area contributed by atoms with Crippen LogP contribution in [0, 0.1) is 5.82 Å². The lowest BCUT2D eigenvalue weighted by Crippen LogP contribution is -2.31. The molecule has 2 aromatic carbocycles. The molecule has 1 aliphatic rings. The van der Waals surface area contributed by atoms with Gasteiger partial charge in [0, 0.05) is 18.2 Å². The predicted molar refractivity (Wildman–Crippen MR) is 96.9 cm³/mol. The molecule has 2 N–H and O–H groups in total. The second-order valence-corrected chi connectivity index (χ2v) is 6.53. The number of carbonyl (C=O) groups is 2. The molecule has 3 rings (SSSR count). The Kier molecular flexibility index (Phi) is 5.42. The molecule has 1 aliphatic heterocycles. The minimum absolute atomic E-state index is 0.0182. The Hall–Kier alpha value is -2.60. The fraction of sp³-hybridized carbons (Fsp3) is 0.263. The van der Waals surface area contributed by atoms with E-state index < -0.39 is 5.82 Å². The number of nitrogens with one attached hydrogen (secondary N) is 2.